The van der Waals surface area contributed by atoms with E-state index in [2.05, 4.69) is 10.1 Å². The van der Waals surface area contributed by atoms with Crippen LogP contribution in [0.2, 0.25) is 0 Å². The first-order chi connectivity index (χ1) is 16.3. The number of ether oxygens (including phenoxy) is 3. The second-order valence-corrected chi connectivity index (χ2v) is 8.85. The molecule has 0 radical (unpaired) electrons. The second-order valence-electron chi connectivity index (χ2n) is 6.98. The molecule has 0 atom stereocenters. The Hall–Kier alpha value is -4.05. The number of para-hydroxylation sites is 1. The predicted octanol–water partition coefficient (Wildman–Crippen LogP) is 3.32. The molecule has 0 aromatic heterocycles. The second kappa shape index (κ2) is 10.7. The van der Waals surface area contributed by atoms with Crippen LogP contribution in [0.5, 0.6) is 11.5 Å². The van der Waals surface area contributed by atoms with Crippen LogP contribution in [0.3, 0.4) is 0 Å². The lowest BCUT2D eigenvalue weighted by molar-refractivity contribution is -0.114. The number of nitrogens with one attached hydrogen (secondary N) is 1. The molecular formula is C24H24N2O7S. The van der Waals surface area contributed by atoms with Gasteiger partial charge < -0.3 is 19.5 Å². The minimum atomic E-state index is -4.16. The summed E-state index contributed by atoms with van der Waals surface area (Å²) in [5.41, 5.74) is 0.873. The SMILES string of the molecule is COC(=O)c1cccc(NC(=O)CN(c2ccccc2)S(=O)(=O)c2ccc(OC)c(OC)c2)c1. The van der Waals surface area contributed by atoms with Crippen molar-refractivity contribution in [2.75, 3.05) is 37.5 Å². The van der Waals surface area contributed by atoms with Gasteiger partial charge in [0.25, 0.3) is 10.0 Å². The van der Waals surface area contributed by atoms with Gasteiger partial charge in [-0.1, -0.05) is 24.3 Å². The molecule has 0 fully saturated rings. The number of hydrogen-bond donors (Lipinski definition) is 1. The number of methoxy groups -OCH3 is 3. The maximum Gasteiger partial charge on any atom is 0.337 e. The van der Waals surface area contributed by atoms with Gasteiger partial charge in [0.15, 0.2) is 11.5 Å². The molecule has 0 aliphatic carbocycles. The molecule has 0 spiro atoms. The first kappa shape index (κ1) is 24.6. The number of benzene rings is 3. The van der Waals surface area contributed by atoms with E-state index >= 15 is 0 Å². The van der Waals surface area contributed by atoms with Crippen LogP contribution in [-0.4, -0.2) is 48.2 Å². The van der Waals surface area contributed by atoms with Crippen LogP contribution in [0.15, 0.2) is 77.7 Å². The lowest BCUT2D eigenvalue weighted by Crippen LogP contribution is -2.38. The van der Waals surface area contributed by atoms with Gasteiger partial charge in [-0.3, -0.25) is 9.10 Å². The largest absolute Gasteiger partial charge is 0.493 e. The van der Waals surface area contributed by atoms with Gasteiger partial charge in [-0.25, -0.2) is 13.2 Å². The van der Waals surface area contributed by atoms with Crippen molar-refractivity contribution in [2.24, 2.45) is 0 Å². The van der Waals surface area contributed by atoms with Crippen LogP contribution in [-0.2, 0) is 19.6 Å². The van der Waals surface area contributed by atoms with Gasteiger partial charge in [-0.15, -0.1) is 0 Å². The normalized spacial score (nSPS) is 10.8. The number of carbonyl (C=O) groups is 2. The van der Waals surface area contributed by atoms with E-state index in [0.717, 1.165) is 4.31 Å². The lowest BCUT2D eigenvalue weighted by atomic mass is 10.2. The Kier molecular flexibility index (Phi) is 7.75. The fourth-order valence-electron chi connectivity index (χ4n) is 3.19. The molecule has 3 rings (SSSR count). The predicted molar refractivity (Wildman–Crippen MR) is 127 cm³/mol. The first-order valence-electron chi connectivity index (χ1n) is 10.1. The van der Waals surface area contributed by atoms with Crippen molar-refractivity contribution in [2.45, 2.75) is 4.90 Å². The summed E-state index contributed by atoms with van der Waals surface area (Å²) in [4.78, 5) is 24.6. The van der Waals surface area contributed by atoms with Crippen LogP contribution in [0, 0.1) is 0 Å². The third kappa shape index (κ3) is 5.46. The van der Waals surface area contributed by atoms with Crippen molar-refractivity contribution in [3.8, 4) is 11.5 Å². The van der Waals surface area contributed by atoms with Gasteiger partial charge in [-0.05, 0) is 42.5 Å². The van der Waals surface area contributed by atoms with E-state index in [1.54, 1.807) is 48.5 Å². The van der Waals surface area contributed by atoms with E-state index in [1.807, 2.05) is 0 Å². The molecule has 1 amide bonds. The standard InChI is InChI=1S/C24H24N2O7S/c1-31-21-13-12-20(15-22(21)32-2)34(29,30)26(19-10-5-4-6-11-19)16-23(27)25-18-9-7-8-17(14-18)24(28)33-3/h4-15H,16H2,1-3H3,(H,25,27). The zero-order chi connectivity index (χ0) is 24.7. The highest BCUT2D eigenvalue weighted by Crippen LogP contribution is 2.32. The van der Waals surface area contributed by atoms with E-state index in [9.17, 15) is 18.0 Å². The zero-order valence-corrected chi connectivity index (χ0v) is 19.7. The van der Waals surface area contributed by atoms with E-state index in [-0.39, 0.29) is 16.2 Å². The van der Waals surface area contributed by atoms with Gasteiger partial charge in [-0.2, -0.15) is 0 Å². The quantitative estimate of drug-likeness (QED) is 0.464. The molecule has 0 saturated heterocycles. The molecule has 1 N–H and O–H groups in total. The molecule has 3 aromatic carbocycles. The molecule has 34 heavy (non-hydrogen) atoms. The van der Waals surface area contributed by atoms with Crippen molar-refractivity contribution in [3.63, 3.8) is 0 Å². The molecule has 0 unspecified atom stereocenters. The van der Waals surface area contributed by atoms with Crippen LogP contribution >= 0.6 is 0 Å². The Labute approximate surface area is 197 Å². The Morgan fingerprint density at radius 1 is 0.853 bits per heavy atom. The lowest BCUT2D eigenvalue weighted by Gasteiger charge is -2.24. The highest BCUT2D eigenvalue weighted by atomic mass is 32.2. The topological polar surface area (TPSA) is 111 Å². The number of rotatable bonds is 9. The Morgan fingerprint density at radius 2 is 1.56 bits per heavy atom. The maximum absolute atomic E-state index is 13.6. The van der Waals surface area contributed by atoms with Crippen LogP contribution in [0.4, 0.5) is 11.4 Å². The molecule has 0 aliphatic rings. The van der Waals surface area contributed by atoms with E-state index in [4.69, 9.17) is 9.47 Å². The summed E-state index contributed by atoms with van der Waals surface area (Å²) in [5, 5.41) is 2.63. The minimum absolute atomic E-state index is 0.0745. The molecule has 9 nitrogen and oxygen atoms in total. The number of sulfonamides is 1. The number of anilines is 2. The first-order valence-corrected chi connectivity index (χ1v) is 11.5. The fraction of sp³-hybridized carbons (Fsp3) is 0.167. The average molecular weight is 485 g/mol. The minimum Gasteiger partial charge on any atom is -0.493 e. The van der Waals surface area contributed by atoms with Gasteiger partial charge in [0.2, 0.25) is 5.91 Å². The number of esters is 1. The van der Waals surface area contributed by atoms with Crippen molar-refractivity contribution < 1.29 is 32.2 Å². The third-order valence-corrected chi connectivity index (χ3v) is 6.61. The average Bonchev–Trinajstić information content (AvgIpc) is 2.86. The Bertz CT molecular complexity index is 1280. The highest BCUT2D eigenvalue weighted by molar-refractivity contribution is 7.92. The zero-order valence-electron chi connectivity index (χ0n) is 18.8. The highest BCUT2D eigenvalue weighted by Gasteiger charge is 2.28. The van der Waals surface area contributed by atoms with Crippen molar-refractivity contribution >= 4 is 33.3 Å². The summed E-state index contributed by atoms with van der Waals surface area (Å²) >= 11 is 0. The van der Waals surface area contributed by atoms with Crippen molar-refractivity contribution in [3.05, 3.63) is 78.4 Å². The smallest absolute Gasteiger partial charge is 0.337 e. The summed E-state index contributed by atoms with van der Waals surface area (Å²) in [6.45, 7) is -0.511. The maximum atomic E-state index is 13.6. The summed E-state index contributed by atoms with van der Waals surface area (Å²) < 4.78 is 43.2. The van der Waals surface area contributed by atoms with Crippen molar-refractivity contribution in [1.29, 1.82) is 0 Å². The molecule has 0 heterocycles. The number of hydrogen-bond acceptors (Lipinski definition) is 7. The van der Waals surface area contributed by atoms with Gasteiger partial charge in [0.1, 0.15) is 6.54 Å². The monoisotopic (exact) mass is 484 g/mol. The molecular weight excluding hydrogens is 460 g/mol. The van der Waals surface area contributed by atoms with E-state index < -0.39 is 28.4 Å². The molecule has 0 bridgehead atoms. The van der Waals surface area contributed by atoms with Crippen molar-refractivity contribution in [1.82, 2.24) is 0 Å². The number of nitrogens with zero attached hydrogens (tertiary/aromatic N) is 1. The Balaban J connectivity index is 1.93. The summed E-state index contributed by atoms with van der Waals surface area (Å²) in [7, 11) is -0.0593. The van der Waals surface area contributed by atoms with Crippen LogP contribution < -0.4 is 19.1 Å². The van der Waals surface area contributed by atoms with Gasteiger partial charge >= 0.3 is 5.97 Å². The van der Waals surface area contributed by atoms with Crippen LogP contribution in [0.25, 0.3) is 0 Å². The summed E-state index contributed by atoms with van der Waals surface area (Å²) in [6, 6.07) is 18.6. The molecule has 178 valence electrons. The van der Waals surface area contributed by atoms with Gasteiger partial charge in [0, 0.05) is 11.8 Å². The fourth-order valence-corrected chi connectivity index (χ4v) is 4.62. The molecule has 3 aromatic rings. The van der Waals surface area contributed by atoms with E-state index in [1.165, 1.54) is 45.6 Å². The Morgan fingerprint density at radius 3 is 2.21 bits per heavy atom. The molecule has 0 aliphatic heterocycles. The molecule has 0 saturated carbocycles. The number of carbonyl (C=O) groups excluding carboxylic acids is 2. The molecule has 10 heteroatoms. The van der Waals surface area contributed by atoms with Gasteiger partial charge in [0.05, 0.1) is 37.5 Å². The van der Waals surface area contributed by atoms with E-state index in [0.29, 0.717) is 17.1 Å². The number of amides is 1. The third-order valence-electron chi connectivity index (χ3n) is 4.84. The summed E-state index contributed by atoms with van der Waals surface area (Å²) in [5.74, 6) is -0.551. The van der Waals surface area contributed by atoms with Crippen LogP contribution in [0.1, 0.15) is 10.4 Å². The summed E-state index contributed by atoms with van der Waals surface area (Å²) in [6.07, 6.45) is 0.